The molecule has 42 heavy (non-hydrogen) atoms. The minimum Gasteiger partial charge on any atom is -0.248 e. The van der Waals surface area contributed by atoms with Crippen LogP contribution in [-0.4, -0.2) is 15.0 Å². The van der Waals surface area contributed by atoms with Crippen molar-refractivity contribution in [1.29, 1.82) is 5.26 Å². The van der Waals surface area contributed by atoms with Crippen molar-refractivity contribution in [2.75, 3.05) is 0 Å². The first-order valence-corrected chi connectivity index (χ1v) is 13.2. The van der Waals surface area contributed by atoms with Gasteiger partial charge in [0.2, 0.25) is 0 Å². The Morgan fingerprint density at radius 1 is 0.571 bits per heavy atom. The predicted molar refractivity (Wildman–Crippen MR) is 166 cm³/mol. The molecule has 0 aliphatic rings. The zero-order chi connectivity index (χ0) is 28.6. The van der Waals surface area contributed by atoms with E-state index in [9.17, 15) is 5.26 Å². The Morgan fingerprint density at radius 3 is 1.88 bits per heavy atom. The fourth-order valence-electron chi connectivity index (χ4n) is 5.33. The zero-order valence-corrected chi connectivity index (χ0v) is 22.1. The number of fused-ring (bicyclic) bond motifs is 5. The van der Waals surface area contributed by atoms with Crippen molar-refractivity contribution in [3.05, 3.63) is 138 Å². The van der Waals surface area contributed by atoms with E-state index in [0.717, 1.165) is 44.1 Å². The lowest BCUT2D eigenvalue weighted by molar-refractivity contribution is 1.30. The van der Waals surface area contributed by atoms with Crippen molar-refractivity contribution in [3.8, 4) is 39.8 Å². The summed E-state index contributed by atoms with van der Waals surface area (Å²) in [7, 11) is 0. The van der Waals surface area contributed by atoms with E-state index in [1.54, 1.807) is 30.3 Å². The summed E-state index contributed by atoms with van der Waals surface area (Å²) in [6.45, 7) is 15.5. The molecule has 0 fully saturated rings. The van der Waals surface area contributed by atoms with Gasteiger partial charge in [0, 0.05) is 21.7 Å². The SMILES string of the molecule is [C-]#[N+]c1ccc(-c2nc3cc([N+]#[C-])c4c(-c5ccccc5)nc5ccccc5c4c3nc2-c2ccc(C#N)cc2)cc1. The maximum absolute atomic E-state index is 9.38. The van der Waals surface area contributed by atoms with Crippen LogP contribution in [0.3, 0.4) is 0 Å². The summed E-state index contributed by atoms with van der Waals surface area (Å²) in [5.74, 6) is 0. The van der Waals surface area contributed by atoms with Gasteiger partial charge in [-0.1, -0.05) is 84.9 Å². The average molecular weight is 535 g/mol. The summed E-state index contributed by atoms with van der Waals surface area (Å²) in [6.07, 6.45) is 0. The second-order valence-corrected chi connectivity index (χ2v) is 9.74. The highest BCUT2D eigenvalue weighted by Gasteiger charge is 2.21. The standard InChI is InChI=1S/C36H18N6/c1-38-26-18-16-25(17-19-26)34-35(24-14-12-22(21-37)13-15-24)42-36-30(41-34)20-29(39-2)32-31(36)27-10-6-7-11-28(27)40-33(32)23-8-4-3-5-9-23/h3-20H. The largest absolute Gasteiger partial charge is 0.248 e. The van der Waals surface area contributed by atoms with Gasteiger partial charge in [-0.2, -0.15) is 5.26 Å². The van der Waals surface area contributed by atoms with Crippen molar-refractivity contribution in [2.45, 2.75) is 0 Å². The van der Waals surface area contributed by atoms with E-state index in [1.165, 1.54) is 0 Å². The van der Waals surface area contributed by atoms with E-state index >= 15 is 0 Å². The van der Waals surface area contributed by atoms with Gasteiger partial charge in [-0.3, -0.25) is 0 Å². The molecule has 0 saturated heterocycles. The van der Waals surface area contributed by atoms with Crippen molar-refractivity contribution >= 4 is 44.1 Å². The lowest BCUT2D eigenvalue weighted by atomic mass is 9.96. The Balaban J connectivity index is 1.66. The Labute approximate surface area is 241 Å². The van der Waals surface area contributed by atoms with E-state index < -0.39 is 0 Å². The van der Waals surface area contributed by atoms with E-state index in [0.29, 0.717) is 39.4 Å². The molecule has 6 heteroatoms. The van der Waals surface area contributed by atoms with Crippen molar-refractivity contribution in [2.24, 2.45) is 0 Å². The molecule has 5 aromatic carbocycles. The van der Waals surface area contributed by atoms with E-state index in [1.807, 2.05) is 78.9 Å². The smallest absolute Gasteiger partial charge is 0.199 e. The third-order valence-electron chi connectivity index (χ3n) is 7.31. The minimum atomic E-state index is 0.448. The fourth-order valence-corrected chi connectivity index (χ4v) is 5.33. The van der Waals surface area contributed by atoms with Crippen molar-refractivity contribution in [1.82, 2.24) is 15.0 Å². The molecule has 0 amide bonds. The van der Waals surface area contributed by atoms with Crippen LogP contribution in [0.5, 0.6) is 0 Å². The van der Waals surface area contributed by atoms with E-state index in [4.69, 9.17) is 28.1 Å². The van der Waals surface area contributed by atoms with Gasteiger partial charge in [0.05, 0.1) is 58.4 Å². The summed E-state index contributed by atoms with van der Waals surface area (Å²) in [6, 6.07) is 36.2. The van der Waals surface area contributed by atoms with Crippen LogP contribution in [-0.2, 0) is 0 Å². The number of nitrogens with zero attached hydrogens (tertiary/aromatic N) is 6. The van der Waals surface area contributed by atoms with Crippen LogP contribution < -0.4 is 0 Å². The van der Waals surface area contributed by atoms with Gasteiger partial charge in [-0.05, 0) is 35.4 Å². The third-order valence-corrected chi connectivity index (χ3v) is 7.31. The average Bonchev–Trinajstić information content (AvgIpc) is 3.07. The molecule has 0 aliphatic carbocycles. The van der Waals surface area contributed by atoms with Crippen LogP contribution in [0.4, 0.5) is 11.4 Å². The van der Waals surface area contributed by atoms with Crippen LogP contribution >= 0.6 is 0 Å². The van der Waals surface area contributed by atoms with Crippen molar-refractivity contribution in [3.63, 3.8) is 0 Å². The first kappa shape index (κ1) is 24.6. The van der Waals surface area contributed by atoms with Crippen LogP contribution in [0.1, 0.15) is 5.56 Å². The highest BCUT2D eigenvalue weighted by atomic mass is 14.8. The fraction of sp³-hybridized carbons (Fsp3) is 0. The Hall–Kier alpha value is -6.42. The zero-order valence-electron chi connectivity index (χ0n) is 22.1. The molecular formula is C36H18N6. The van der Waals surface area contributed by atoms with Crippen LogP contribution in [0.25, 0.3) is 76.2 Å². The molecule has 2 aromatic heterocycles. The molecule has 0 bridgehead atoms. The maximum atomic E-state index is 9.38. The second kappa shape index (κ2) is 9.96. The number of rotatable bonds is 3. The summed E-state index contributed by atoms with van der Waals surface area (Å²) >= 11 is 0. The number of aromatic nitrogens is 3. The van der Waals surface area contributed by atoms with Gasteiger partial charge in [0.25, 0.3) is 0 Å². The van der Waals surface area contributed by atoms with Gasteiger partial charge in [0.15, 0.2) is 11.4 Å². The van der Waals surface area contributed by atoms with Crippen LogP contribution in [0.2, 0.25) is 0 Å². The number of benzene rings is 5. The molecule has 192 valence electrons. The molecule has 0 spiro atoms. The highest BCUT2D eigenvalue weighted by Crippen LogP contribution is 2.43. The first-order valence-electron chi connectivity index (χ1n) is 13.2. The molecule has 2 heterocycles. The highest BCUT2D eigenvalue weighted by molar-refractivity contribution is 6.25. The van der Waals surface area contributed by atoms with Crippen LogP contribution in [0.15, 0.2) is 109 Å². The minimum absolute atomic E-state index is 0.448. The number of pyridine rings is 1. The number of hydrogen-bond donors (Lipinski definition) is 0. The molecule has 0 radical (unpaired) electrons. The molecule has 0 N–H and O–H groups in total. The quantitative estimate of drug-likeness (QED) is 0.167. The summed E-state index contributed by atoms with van der Waals surface area (Å²) in [5, 5.41) is 11.8. The molecule has 0 aliphatic heterocycles. The lowest BCUT2D eigenvalue weighted by Crippen LogP contribution is -1.98. The van der Waals surface area contributed by atoms with Crippen LogP contribution in [0, 0.1) is 24.5 Å². The number of para-hydroxylation sites is 1. The summed E-state index contributed by atoms with van der Waals surface area (Å²) in [5.41, 5.74) is 8.07. The first-order chi connectivity index (χ1) is 20.7. The van der Waals surface area contributed by atoms with Crippen molar-refractivity contribution < 1.29 is 0 Å². The Morgan fingerprint density at radius 2 is 1.19 bits per heavy atom. The van der Waals surface area contributed by atoms with E-state index in [-0.39, 0.29) is 0 Å². The summed E-state index contributed by atoms with van der Waals surface area (Å²) < 4.78 is 0. The van der Waals surface area contributed by atoms with Gasteiger partial charge < -0.3 is 0 Å². The van der Waals surface area contributed by atoms with Gasteiger partial charge >= 0.3 is 0 Å². The molecule has 0 atom stereocenters. The Bertz CT molecular complexity index is 2300. The third kappa shape index (κ3) is 3.98. The van der Waals surface area contributed by atoms with Gasteiger partial charge in [-0.15, -0.1) is 0 Å². The van der Waals surface area contributed by atoms with Gasteiger partial charge in [0.1, 0.15) is 0 Å². The monoisotopic (exact) mass is 534 g/mol. The molecule has 0 unspecified atom stereocenters. The Kier molecular flexibility index (Phi) is 5.83. The molecule has 0 saturated carbocycles. The molecular weight excluding hydrogens is 516 g/mol. The second-order valence-electron chi connectivity index (χ2n) is 9.74. The topological polar surface area (TPSA) is 71.2 Å². The maximum Gasteiger partial charge on any atom is 0.199 e. The molecule has 6 nitrogen and oxygen atoms in total. The predicted octanol–water partition coefficient (Wildman–Crippen LogP) is 9.31. The number of hydrogen-bond acceptors (Lipinski definition) is 4. The number of nitriles is 1. The van der Waals surface area contributed by atoms with Gasteiger partial charge in [-0.25, -0.2) is 24.6 Å². The normalized spacial score (nSPS) is 10.8. The lowest BCUT2D eigenvalue weighted by Gasteiger charge is -2.16. The summed E-state index contributed by atoms with van der Waals surface area (Å²) in [4.78, 5) is 22.9. The van der Waals surface area contributed by atoms with E-state index in [2.05, 4.69) is 15.8 Å². The molecule has 7 rings (SSSR count). The molecule has 7 aromatic rings.